The quantitative estimate of drug-likeness (QED) is 0.849. The number of nitrogens with one attached hydrogen (secondary N) is 1. The zero-order valence-electron chi connectivity index (χ0n) is 16.4. The summed E-state index contributed by atoms with van der Waals surface area (Å²) in [7, 11) is -3.39. The molecule has 2 fully saturated rings. The van der Waals surface area contributed by atoms with Gasteiger partial charge in [0.1, 0.15) is 5.82 Å². The molecule has 2 aliphatic rings. The third-order valence-electron chi connectivity index (χ3n) is 5.03. The van der Waals surface area contributed by atoms with Crippen molar-refractivity contribution in [1.82, 2.24) is 14.0 Å². The Balaban J connectivity index is 0.00000117. The van der Waals surface area contributed by atoms with E-state index in [2.05, 4.69) is 21.5 Å². The zero-order valence-corrected chi connectivity index (χ0v) is 17.3. The summed E-state index contributed by atoms with van der Waals surface area (Å²) in [5.74, 6) is 1.57. The number of aromatic nitrogens is 1. The van der Waals surface area contributed by atoms with Crippen molar-refractivity contribution < 1.29 is 8.42 Å². The van der Waals surface area contributed by atoms with E-state index < -0.39 is 10.2 Å². The SMILES string of the molecule is CC.CC1CCN(S(=O)(=O)NCc2ccnc(N3CCCCC3)c2)CC1. The summed E-state index contributed by atoms with van der Waals surface area (Å²) < 4.78 is 29.2. The Morgan fingerprint density at radius 3 is 2.42 bits per heavy atom. The van der Waals surface area contributed by atoms with Crippen molar-refractivity contribution in [2.45, 2.75) is 59.4 Å². The van der Waals surface area contributed by atoms with Crippen molar-refractivity contribution in [3.05, 3.63) is 23.9 Å². The first-order valence-corrected chi connectivity index (χ1v) is 11.4. The van der Waals surface area contributed by atoms with Gasteiger partial charge >= 0.3 is 0 Å². The molecule has 0 bridgehead atoms. The summed E-state index contributed by atoms with van der Waals surface area (Å²) >= 11 is 0. The predicted octanol–water partition coefficient (Wildman–Crippen LogP) is 3.16. The molecule has 1 aromatic rings. The molecule has 0 saturated carbocycles. The summed E-state index contributed by atoms with van der Waals surface area (Å²) in [4.78, 5) is 6.73. The van der Waals surface area contributed by atoms with Gasteiger partial charge in [0.05, 0.1) is 0 Å². The van der Waals surface area contributed by atoms with Gasteiger partial charge in [0.2, 0.25) is 0 Å². The molecule has 3 rings (SSSR count). The van der Waals surface area contributed by atoms with Gasteiger partial charge in [-0.25, -0.2) is 4.98 Å². The van der Waals surface area contributed by atoms with Crippen molar-refractivity contribution in [3.8, 4) is 0 Å². The van der Waals surface area contributed by atoms with Crippen LogP contribution < -0.4 is 9.62 Å². The predicted molar refractivity (Wildman–Crippen MR) is 107 cm³/mol. The van der Waals surface area contributed by atoms with Crippen molar-refractivity contribution in [3.63, 3.8) is 0 Å². The molecule has 0 aliphatic carbocycles. The zero-order chi connectivity index (χ0) is 19.0. The number of pyridine rings is 1. The van der Waals surface area contributed by atoms with Crippen LogP contribution in [0.5, 0.6) is 0 Å². The van der Waals surface area contributed by atoms with Crippen molar-refractivity contribution in [2.24, 2.45) is 5.92 Å². The molecule has 1 aromatic heterocycles. The Morgan fingerprint density at radius 2 is 1.77 bits per heavy atom. The minimum Gasteiger partial charge on any atom is -0.357 e. The second-order valence-corrected chi connectivity index (χ2v) is 8.73. The second kappa shape index (κ2) is 10.2. The summed E-state index contributed by atoms with van der Waals surface area (Å²) in [5, 5.41) is 0. The minimum absolute atomic E-state index is 0.317. The molecule has 7 heteroatoms. The molecule has 0 radical (unpaired) electrons. The highest BCUT2D eigenvalue weighted by Crippen LogP contribution is 2.20. The van der Waals surface area contributed by atoms with Crippen LogP contribution in [0.4, 0.5) is 5.82 Å². The number of anilines is 1. The van der Waals surface area contributed by atoms with Crippen LogP contribution in [0.15, 0.2) is 18.3 Å². The highest BCUT2D eigenvalue weighted by atomic mass is 32.2. The molecular weight excluding hydrogens is 348 g/mol. The van der Waals surface area contributed by atoms with Crippen LogP contribution in [-0.2, 0) is 16.8 Å². The van der Waals surface area contributed by atoms with E-state index in [1.165, 1.54) is 19.3 Å². The number of nitrogens with zero attached hydrogens (tertiary/aromatic N) is 3. The normalized spacial score (nSPS) is 19.7. The van der Waals surface area contributed by atoms with E-state index in [1.54, 1.807) is 10.5 Å². The highest BCUT2D eigenvalue weighted by molar-refractivity contribution is 7.87. The van der Waals surface area contributed by atoms with Gasteiger partial charge in [-0.3, -0.25) is 0 Å². The molecule has 0 unspecified atom stereocenters. The monoisotopic (exact) mass is 382 g/mol. The Bertz CT molecular complexity index is 637. The van der Waals surface area contributed by atoms with Crippen LogP contribution in [0.3, 0.4) is 0 Å². The molecule has 6 nitrogen and oxygen atoms in total. The lowest BCUT2D eigenvalue weighted by Crippen LogP contribution is -2.44. The fourth-order valence-electron chi connectivity index (χ4n) is 3.36. The molecule has 26 heavy (non-hydrogen) atoms. The topological polar surface area (TPSA) is 65.5 Å². The summed E-state index contributed by atoms with van der Waals surface area (Å²) in [6, 6.07) is 3.89. The summed E-state index contributed by atoms with van der Waals surface area (Å²) in [5.41, 5.74) is 0.958. The number of rotatable bonds is 5. The molecule has 0 spiro atoms. The van der Waals surface area contributed by atoms with Crippen LogP contribution in [0.2, 0.25) is 0 Å². The fraction of sp³-hybridized carbons (Fsp3) is 0.737. The molecular formula is C19H34N4O2S. The van der Waals surface area contributed by atoms with Crippen molar-refractivity contribution >= 4 is 16.0 Å². The first-order chi connectivity index (χ1) is 12.5. The van der Waals surface area contributed by atoms with E-state index in [4.69, 9.17) is 0 Å². The molecule has 2 saturated heterocycles. The Hall–Kier alpha value is -1.18. The third-order valence-corrected chi connectivity index (χ3v) is 6.59. The van der Waals surface area contributed by atoms with Gasteiger partial charge in [0.25, 0.3) is 10.2 Å². The second-order valence-electron chi connectivity index (χ2n) is 6.98. The Labute approximate surface area is 159 Å². The fourth-order valence-corrected chi connectivity index (χ4v) is 4.58. The van der Waals surface area contributed by atoms with Crippen LogP contribution >= 0.6 is 0 Å². The number of piperidine rings is 2. The van der Waals surface area contributed by atoms with Crippen LogP contribution in [0, 0.1) is 5.92 Å². The van der Waals surface area contributed by atoms with Gasteiger partial charge in [-0.15, -0.1) is 0 Å². The molecule has 1 N–H and O–H groups in total. The average molecular weight is 383 g/mol. The summed E-state index contributed by atoms with van der Waals surface area (Å²) in [6.07, 6.45) is 7.34. The van der Waals surface area contributed by atoms with Gasteiger partial charge in [-0.1, -0.05) is 20.8 Å². The summed E-state index contributed by atoms with van der Waals surface area (Å²) in [6.45, 7) is 9.80. The highest BCUT2D eigenvalue weighted by Gasteiger charge is 2.26. The van der Waals surface area contributed by atoms with Crippen LogP contribution in [0.25, 0.3) is 0 Å². The van der Waals surface area contributed by atoms with E-state index >= 15 is 0 Å². The lowest BCUT2D eigenvalue weighted by atomic mass is 10.0. The maximum Gasteiger partial charge on any atom is 0.279 e. The maximum atomic E-state index is 12.4. The van der Waals surface area contributed by atoms with Gasteiger partial charge < -0.3 is 4.90 Å². The van der Waals surface area contributed by atoms with Crippen LogP contribution in [0.1, 0.15) is 58.4 Å². The van der Waals surface area contributed by atoms with E-state index in [-0.39, 0.29) is 0 Å². The Kier molecular flexibility index (Phi) is 8.31. The first-order valence-electron chi connectivity index (χ1n) is 9.99. The largest absolute Gasteiger partial charge is 0.357 e. The Morgan fingerprint density at radius 1 is 1.12 bits per heavy atom. The number of hydrogen-bond donors (Lipinski definition) is 1. The lowest BCUT2D eigenvalue weighted by Gasteiger charge is -2.29. The average Bonchev–Trinajstić information content (AvgIpc) is 2.69. The third kappa shape index (κ3) is 5.93. The van der Waals surface area contributed by atoms with Gasteiger partial charge in [-0.05, 0) is 55.7 Å². The molecule has 2 aliphatic heterocycles. The molecule has 0 atom stereocenters. The standard InChI is InChI=1S/C17H28N4O2S.C2H6/c1-15-6-11-21(12-7-15)24(22,23)19-14-16-5-8-18-17(13-16)20-9-3-2-4-10-20;1-2/h5,8,13,15,19H,2-4,6-7,9-12,14H2,1H3;1-2H3. The lowest BCUT2D eigenvalue weighted by molar-refractivity contribution is 0.285. The molecule has 3 heterocycles. The minimum atomic E-state index is -3.39. The first kappa shape index (κ1) is 21.1. The maximum absolute atomic E-state index is 12.4. The van der Waals surface area contributed by atoms with Gasteiger partial charge in [-0.2, -0.15) is 17.4 Å². The van der Waals surface area contributed by atoms with E-state index in [1.807, 2.05) is 26.0 Å². The van der Waals surface area contributed by atoms with Crippen molar-refractivity contribution in [2.75, 3.05) is 31.1 Å². The number of hydrogen-bond acceptors (Lipinski definition) is 4. The van der Waals surface area contributed by atoms with Crippen molar-refractivity contribution in [1.29, 1.82) is 0 Å². The molecule has 0 aromatic carbocycles. The van der Waals surface area contributed by atoms with Crippen LogP contribution in [-0.4, -0.2) is 43.9 Å². The smallest absolute Gasteiger partial charge is 0.279 e. The van der Waals surface area contributed by atoms with E-state index in [0.29, 0.717) is 25.6 Å². The van der Waals surface area contributed by atoms with Gasteiger partial charge in [0, 0.05) is 38.9 Å². The van der Waals surface area contributed by atoms with Gasteiger partial charge in [0.15, 0.2) is 0 Å². The van der Waals surface area contributed by atoms with E-state index in [0.717, 1.165) is 37.3 Å². The molecule has 0 amide bonds. The molecule has 148 valence electrons. The van der Waals surface area contributed by atoms with E-state index in [9.17, 15) is 8.42 Å².